The van der Waals surface area contributed by atoms with E-state index in [2.05, 4.69) is 0 Å². The van der Waals surface area contributed by atoms with Crippen LogP contribution in [0.15, 0.2) is 29.2 Å². The molecule has 2 rings (SSSR count). The van der Waals surface area contributed by atoms with Crippen LogP contribution in [-0.4, -0.2) is 41.6 Å². The first kappa shape index (κ1) is 22.7. The molecule has 1 saturated carbocycles. The Morgan fingerprint density at radius 3 is 2.07 bits per heavy atom. The van der Waals surface area contributed by atoms with Crippen LogP contribution in [0.5, 0.6) is 0 Å². The van der Waals surface area contributed by atoms with Crippen LogP contribution < -0.4 is 0 Å². The van der Waals surface area contributed by atoms with E-state index in [4.69, 9.17) is 16.3 Å². The quantitative estimate of drug-likeness (QED) is 0.651. The van der Waals surface area contributed by atoms with Gasteiger partial charge in [-0.1, -0.05) is 12.1 Å². The molecule has 156 valence electrons. The van der Waals surface area contributed by atoms with E-state index in [1.807, 2.05) is 0 Å². The molecular weight excluding hydrogens is 402 g/mol. The number of rotatable bonds is 5. The molecule has 0 radical (unpaired) electrons. The molecule has 1 aromatic rings. The molecule has 1 fully saturated rings. The van der Waals surface area contributed by atoms with Crippen LogP contribution >= 0.6 is 11.6 Å². The molecule has 1 aromatic carbocycles. The molecule has 0 aliphatic heterocycles. The normalized spacial score (nSPS) is 19.8. The zero-order valence-corrected chi connectivity index (χ0v) is 18.7. The number of benzene rings is 1. The van der Waals surface area contributed by atoms with Crippen molar-refractivity contribution in [1.29, 1.82) is 0 Å². The van der Waals surface area contributed by atoms with Crippen LogP contribution in [0.25, 0.3) is 0 Å². The SMILES string of the molecule is CC(C)(C)OC(=O)N(C(C)(C)C)S(=O)(=O)c1ccc([C@@H]2C[C@H]2C(=O)CCl)cc1. The van der Waals surface area contributed by atoms with Gasteiger partial charge in [0.2, 0.25) is 0 Å². The van der Waals surface area contributed by atoms with Gasteiger partial charge in [-0.3, -0.25) is 4.79 Å². The lowest BCUT2D eigenvalue weighted by Crippen LogP contribution is -2.51. The molecule has 28 heavy (non-hydrogen) atoms. The molecule has 0 unspecified atom stereocenters. The van der Waals surface area contributed by atoms with Crippen LogP contribution in [0.1, 0.15) is 59.4 Å². The van der Waals surface area contributed by atoms with E-state index in [-0.39, 0.29) is 28.4 Å². The van der Waals surface area contributed by atoms with Crippen molar-refractivity contribution in [3.05, 3.63) is 29.8 Å². The van der Waals surface area contributed by atoms with Crippen molar-refractivity contribution < 1.29 is 22.7 Å². The molecule has 2 atom stereocenters. The average Bonchev–Trinajstić information content (AvgIpc) is 3.31. The number of carbonyl (C=O) groups is 2. The second kappa shape index (κ2) is 7.67. The van der Waals surface area contributed by atoms with Crippen molar-refractivity contribution >= 4 is 33.5 Å². The predicted octanol–water partition coefficient (Wildman–Crippen LogP) is 4.32. The molecule has 1 amide bonds. The summed E-state index contributed by atoms with van der Waals surface area (Å²) in [5.74, 6) is -0.0167. The number of nitrogens with zero attached hydrogens (tertiary/aromatic N) is 1. The summed E-state index contributed by atoms with van der Waals surface area (Å²) >= 11 is 5.60. The minimum atomic E-state index is -4.12. The number of Topliss-reactive ketones (excluding diaryl/α,β-unsaturated/α-hetero) is 1. The van der Waals surface area contributed by atoms with Gasteiger partial charge in [0, 0.05) is 5.92 Å². The number of ether oxygens (including phenoxy) is 1. The fraction of sp³-hybridized carbons (Fsp3) is 0.600. The topological polar surface area (TPSA) is 80.8 Å². The third-order valence-corrected chi connectivity index (χ3v) is 6.66. The molecule has 0 spiro atoms. The van der Waals surface area contributed by atoms with Gasteiger partial charge in [0.25, 0.3) is 10.0 Å². The Labute approximate surface area is 172 Å². The Balaban J connectivity index is 2.30. The second-order valence-electron chi connectivity index (χ2n) is 9.04. The van der Waals surface area contributed by atoms with Gasteiger partial charge in [0.05, 0.1) is 16.3 Å². The van der Waals surface area contributed by atoms with Crippen molar-refractivity contribution in [3.8, 4) is 0 Å². The Kier molecular flexibility index (Phi) is 6.22. The Hall–Kier alpha value is -1.60. The lowest BCUT2D eigenvalue weighted by Gasteiger charge is -2.35. The van der Waals surface area contributed by atoms with Crippen molar-refractivity contribution in [2.45, 2.75) is 69.9 Å². The summed E-state index contributed by atoms with van der Waals surface area (Å²) in [5.41, 5.74) is -0.939. The highest BCUT2D eigenvalue weighted by molar-refractivity contribution is 7.89. The molecule has 0 saturated heterocycles. The highest BCUT2D eigenvalue weighted by Gasteiger charge is 2.44. The van der Waals surface area contributed by atoms with E-state index in [1.54, 1.807) is 53.7 Å². The fourth-order valence-electron chi connectivity index (χ4n) is 3.05. The van der Waals surface area contributed by atoms with Gasteiger partial charge >= 0.3 is 6.09 Å². The predicted molar refractivity (Wildman–Crippen MR) is 108 cm³/mol. The average molecular weight is 430 g/mol. The van der Waals surface area contributed by atoms with Gasteiger partial charge < -0.3 is 4.74 Å². The van der Waals surface area contributed by atoms with E-state index < -0.39 is 27.3 Å². The van der Waals surface area contributed by atoms with E-state index in [1.165, 1.54) is 12.1 Å². The first-order chi connectivity index (χ1) is 12.7. The van der Waals surface area contributed by atoms with E-state index in [0.717, 1.165) is 16.3 Å². The van der Waals surface area contributed by atoms with Crippen molar-refractivity contribution in [1.82, 2.24) is 4.31 Å². The second-order valence-corrected chi connectivity index (χ2v) is 11.1. The van der Waals surface area contributed by atoms with Crippen molar-refractivity contribution in [2.24, 2.45) is 5.92 Å². The molecule has 0 bridgehead atoms. The highest BCUT2D eigenvalue weighted by atomic mass is 35.5. The summed E-state index contributed by atoms with van der Waals surface area (Å²) in [4.78, 5) is 24.3. The smallest absolute Gasteiger partial charge is 0.424 e. The molecule has 0 aromatic heterocycles. The van der Waals surface area contributed by atoms with E-state index in [9.17, 15) is 18.0 Å². The largest absolute Gasteiger partial charge is 0.443 e. The number of hydrogen-bond donors (Lipinski definition) is 0. The number of alkyl halides is 1. The maximum atomic E-state index is 13.2. The zero-order chi connectivity index (χ0) is 21.5. The summed E-state index contributed by atoms with van der Waals surface area (Å²) in [6, 6.07) is 6.31. The summed E-state index contributed by atoms with van der Waals surface area (Å²) in [5, 5.41) is 0. The van der Waals surface area contributed by atoms with Crippen LogP contribution in [-0.2, 0) is 19.6 Å². The number of carbonyl (C=O) groups excluding carboxylic acids is 2. The molecule has 0 heterocycles. The minimum Gasteiger partial charge on any atom is -0.443 e. The number of hydrogen-bond acceptors (Lipinski definition) is 5. The van der Waals surface area contributed by atoms with Gasteiger partial charge in [0.15, 0.2) is 5.78 Å². The fourth-order valence-corrected chi connectivity index (χ4v) is 4.89. The summed E-state index contributed by atoms with van der Waals surface area (Å²) in [7, 11) is -4.12. The minimum absolute atomic E-state index is 0.00194. The molecule has 1 aliphatic rings. The first-order valence-electron chi connectivity index (χ1n) is 9.15. The number of sulfonamides is 1. The van der Waals surface area contributed by atoms with Crippen molar-refractivity contribution in [2.75, 3.05) is 5.88 Å². The van der Waals surface area contributed by atoms with Crippen LogP contribution in [0.4, 0.5) is 4.79 Å². The summed E-state index contributed by atoms with van der Waals surface area (Å²) < 4.78 is 32.4. The maximum absolute atomic E-state index is 13.2. The van der Waals surface area contributed by atoms with Crippen molar-refractivity contribution in [3.63, 3.8) is 0 Å². The lowest BCUT2D eigenvalue weighted by atomic mass is 10.1. The number of ketones is 1. The van der Waals surface area contributed by atoms with E-state index in [0.29, 0.717) is 0 Å². The van der Waals surface area contributed by atoms with Crippen LogP contribution in [0, 0.1) is 5.92 Å². The number of halogens is 1. The van der Waals surface area contributed by atoms with E-state index >= 15 is 0 Å². The number of amides is 1. The zero-order valence-electron chi connectivity index (χ0n) is 17.2. The first-order valence-corrected chi connectivity index (χ1v) is 11.1. The summed E-state index contributed by atoms with van der Waals surface area (Å²) in [6.07, 6.45) is -0.192. The van der Waals surface area contributed by atoms with Gasteiger partial charge in [-0.25, -0.2) is 13.2 Å². The lowest BCUT2D eigenvalue weighted by molar-refractivity contribution is -0.117. The standard InChI is InChI=1S/C20H28ClNO5S/c1-19(2,3)22(18(24)27-20(4,5)6)28(25,26)14-9-7-13(8-10-14)15-11-16(15)17(23)12-21/h7-10,15-16H,11-12H2,1-6H3/t15-,16+/m0/s1. The molecule has 6 nitrogen and oxygen atoms in total. The molecule has 0 N–H and O–H groups in total. The summed E-state index contributed by atoms with van der Waals surface area (Å²) in [6.45, 7) is 9.95. The molecule has 1 aliphatic carbocycles. The molecule has 8 heteroatoms. The van der Waals surface area contributed by atoms with Gasteiger partial charge in [-0.15, -0.1) is 11.6 Å². The highest BCUT2D eigenvalue weighted by Crippen LogP contribution is 2.48. The Bertz CT molecular complexity index is 850. The monoisotopic (exact) mass is 429 g/mol. The maximum Gasteiger partial charge on any atom is 0.424 e. The molecular formula is C20H28ClNO5S. The van der Waals surface area contributed by atoms with Crippen LogP contribution in [0.2, 0.25) is 0 Å². The third kappa shape index (κ3) is 5.06. The van der Waals surface area contributed by atoms with Gasteiger partial charge in [0.1, 0.15) is 5.60 Å². The Morgan fingerprint density at radius 1 is 1.11 bits per heavy atom. The van der Waals surface area contributed by atoms with Crippen LogP contribution in [0.3, 0.4) is 0 Å². The van der Waals surface area contributed by atoms with Gasteiger partial charge in [-0.2, -0.15) is 4.31 Å². The Morgan fingerprint density at radius 2 is 1.64 bits per heavy atom. The van der Waals surface area contributed by atoms with Gasteiger partial charge in [-0.05, 0) is 71.6 Å². The third-order valence-electron chi connectivity index (χ3n) is 4.35.